The zero-order chi connectivity index (χ0) is 24.7. The van der Waals surface area contributed by atoms with Crippen LogP contribution in [-0.2, 0) is 21.2 Å². The number of aliphatic carboxylic acids is 1. The molecule has 0 bridgehead atoms. The second kappa shape index (κ2) is 9.31. The Balaban J connectivity index is 1.52. The number of rotatable bonds is 8. The molecule has 35 heavy (non-hydrogen) atoms. The summed E-state index contributed by atoms with van der Waals surface area (Å²) in [5.74, 6) is 0.276. The van der Waals surface area contributed by atoms with E-state index in [-0.39, 0.29) is 23.3 Å². The highest BCUT2D eigenvalue weighted by Crippen LogP contribution is 2.45. The van der Waals surface area contributed by atoms with Crippen molar-refractivity contribution in [1.82, 2.24) is 14.1 Å². The third kappa shape index (κ3) is 4.45. The minimum absolute atomic E-state index is 0.128. The summed E-state index contributed by atoms with van der Waals surface area (Å²) in [6.45, 7) is 3.15. The van der Waals surface area contributed by atoms with Crippen molar-refractivity contribution in [2.45, 2.75) is 43.5 Å². The van der Waals surface area contributed by atoms with Gasteiger partial charge in [-0.2, -0.15) is 9.40 Å². The first kappa shape index (κ1) is 23.9. The van der Waals surface area contributed by atoms with Crippen LogP contribution in [-0.4, -0.2) is 61.1 Å². The number of hydrogen-bond acceptors (Lipinski definition) is 5. The molecule has 1 unspecified atom stereocenters. The van der Waals surface area contributed by atoms with Crippen molar-refractivity contribution in [3.63, 3.8) is 0 Å². The van der Waals surface area contributed by atoms with Gasteiger partial charge in [-0.05, 0) is 49.1 Å². The number of carboxylic acid groups (broad SMARTS) is 1. The zero-order valence-corrected chi connectivity index (χ0v) is 20.9. The molecule has 10 heteroatoms. The molecule has 1 saturated heterocycles. The standard InChI is InChI=1S/C25H30BN3O5S/c1-2-34-18-7-9-19(10-8-18)35(32,33)28-14-21(16-4-3-5-16)24(15-28)29-23-11-6-17(26)12-20(23)22(27-29)13-25(30)31/h6-12,16,21,24H,2-5,13-15,26H2,1H3,(H,30,31)/t21?,24-/m0/s1. The van der Waals surface area contributed by atoms with Gasteiger partial charge in [-0.15, -0.1) is 0 Å². The number of carboxylic acids is 1. The first-order valence-electron chi connectivity index (χ1n) is 12.2. The Hall–Kier alpha value is -2.85. The maximum atomic E-state index is 13.6. The van der Waals surface area contributed by atoms with Crippen LogP contribution in [0.1, 0.15) is 37.9 Å². The minimum atomic E-state index is -3.69. The summed E-state index contributed by atoms with van der Waals surface area (Å²) < 4.78 is 36.1. The number of sulfonamides is 1. The van der Waals surface area contributed by atoms with Crippen molar-refractivity contribution in [2.24, 2.45) is 11.8 Å². The van der Waals surface area contributed by atoms with E-state index in [1.54, 1.807) is 28.6 Å². The Bertz CT molecular complexity index is 1350. The van der Waals surface area contributed by atoms with Gasteiger partial charge in [0.1, 0.15) is 13.6 Å². The van der Waals surface area contributed by atoms with Crippen LogP contribution in [0.2, 0.25) is 0 Å². The largest absolute Gasteiger partial charge is 0.494 e. The monoisotopic (exact) mass is 495 g/mol. The number of hydrogen-bond donors (Lipinski definition) is 1. The van der Waals surface area contributed by atoms with Crippen molar-refractivity contribution in [2.75, 3.05) is 19.7 Å². The van der Waals surface area contributed by atoms with Crippen LogP contribution in [0.4, 0.5) is 0 Å². The number of aromatic nitrogens is 2. The highest BCUT2D eigenvalue weighted by molar-refractivity contribution is 7.89. The summed E-state index contributed by atoms with van der Waals surface area (Å²) in [6, 6.07) is 12.4. The van der Waals surface area contributed by atoms with E-state index in [9.17, 15) is 18.3 Å². The Morgan fingerprint density at radius 1 is 1.17 bits per heavy atom. The van der Waals surface area contributed by atoms with E-state index in [2.05, 4.69) is 0 Å². The van der Waals surface area contributed by atoms with Crippen LogP contribution < -0.4 is 10.2 Å². The van der Waals surface area contributed by atoms with Gasteiger partial charge in [0.2, 0.25) is 10.0 Å². The summed E-state index contributed by atoms with van der Waals surface area (Å²) in [5.41, 5.74) is 2.42. The average molecular weight is 495 g/mol. The van der Waals surface area contributed by atoms with E-state index in [1.807, 2.05) is 37.7 Å². The molecule has 2 aliphatic rings. The van der Waals surface area contributed by atoms with E-state index < -0.39 is 16.0 Å². The zero-order valence-electron chi connectivity index (χ0n) is 20.1. The Kier molecular flexibility index (Phi) is 6.35. The highest BCUT2D eigenvalue weighted by atomic mass is 32.2. The van der Waals surface area contributed by atoms with E-state index >= 15 is 0 Å². The van der Waals surface area contributed by atoms with Crippen LogP contribution in [0.15, 0.2) is 47.4 Å². The van der Waals surface area contributed by atoms with Gasteiger partial charge in [0.25, 0.3) is 0 Å². The number of ether oxygens (including phenoxy) is 1. The fraction of sp³-hybridized carbons (Fsp3) is 0.440. The van der Waals surface area contributed by atoms with Crippen molar-refractivity contribution in [3.05, 3.63) is 48.2 Å². The molecule has 8 nitrogen and oxygen atoms in total. The lowest BCUT2D eigenvalue weighted by atomic mass is 9.74. The van der Waals surface area contributed by atoms with Crippen molar-refractivity contribution in [3.8, 4) is 5.75 Å². The molecule has 2 atom stereocenters. The van der Waals surface area contributed by atoms with Gasteiger partial charge >= 0.3 is 5.97 Å². The summed E-state index contributed by atoms with van der Waals surface area (Å²) >= 11 is 0. The Labute approximate surface area is 206 Å². The highest BCUT2D eigenvalue weighted by Gasteiger charge is 2.46. The number of fused-ring (bicyclic) bond motifs is 1. The molecule has 3 aromatic rings. The first-order valence-corrected chi connectivity index (χ1v) is 13.6. The van der Waals surface area contributed by atoms with Gasteiger partial charge in [0, 0.05) is 18.5 Å². The molecule has 0 spiro atoms. The fourth-order valence-corrected chi connectivity index (χ4v) is 6.93. The van der Waals surface area contributed by atoms with E-state index in [0.29, 0.717) is 37.1 Å². The molecule has 1 N–H and O–H groups in total. The summed E-state index contributed by atoms with van der Waals surface area (Å²) in [7, 11) is -1.72. The molecule has 2 aromatic carbocycles. The molecule has 1 saturated carbocycles. The van der Waals surface area contributed by atoms with Crippen molar-refractivity contribution < 1.29 is 23.1 Å². The topological polar surface area (TPSA) is 102 Å². The summed E-state index contributed by atoms with van der Waals surface area (Å²) in [5, 5.41) is 15.0. The number of nitrogens with zero attached hydrogens (tertiary/aromatic N) is 3. The normalized spacial score (nSPS) is 21.3. The lowest BCUT2D eigenvalue weighted by Gasteiger charge is -2.34. The van der Waals surface area contributed by atoms with Crippen LogP contribution >= 0.6 is 0 Å². The van der Waals surface area contributed by atoms with Gasteiger partial charge < -0.3 is 9.84 Å². The van der Waals surface area contributed by atoms with Gasteiger partial charge in [-0.25, -0.2) is 8.42 Å². The van der Waals surface area contributed by atoms with Gasteiger partial charge in [-0.3, -0.25) is 9.48 Å². The second-order valence-electron chi connectivity index (χ2n) is 9.63. The number of benzene rings is 2. The van der Waals surface area contributed by atoms with Gasteiger partial charge in [-0.1, -0.05) is 36.9 Å². The van der Waals surface area contributed by atoms with E-state index in [0.717, 1.165) is 35.6 Å². The SMILES string of the molecule is Bc1ccc2c(c1)c(CC(=O)O)nn2[C@H]1CN(S(=O)(=O)c2ccc(OCC)cc2)CC1C1CCC1. The lowest BCUT2D eigenvalue weighted by molar-refractivity contribution is -0.136. The molecular weight excluding hydrogens is 465 g/mol. The third-order valence-corrected chi connectivity index (χ3v) is 9.24. The quantitative estimate of drug-likeness (QED) is 0.480. The maximum absolute atomic E-state index is 13.6. The third-order valence-electron chi connectivity index (χ3n) is 7.40. The van der Waals surface area contributed by atoms with E-state index in [4.69, 9.17) is 9.84 Å². The van der Waals surface area contributed by atoms with Crippen LogP contribution in [0, 0.1) is 11.8 Å². The van der Waals surface area contributed by atoms with E-state index in [1.165, 1.54) is 0 Å². The molecule has 2 fully saturated rings. The van der Waals surface area contributed by atoms with Crippen molar-refractivity contribution >= 4 is 40.2 Å². The van der Waals surface area contributed by atoms with Crippen LogP contribution in [0.3, 0.4) is 0 Å². The molecular formula is C25H30BN3O5S. The fourth-order valence-electron chi connectivity index (χ4n) is 5.43. The molecule has 1 aliphatic heterocycles. The van der Waals surface area contributed by atoms with Gasteiger partial charge in [0.15, 0.2) is 0 Å². The average Bonchev–Trinajstić information content (AvgIpc) is 3.35. The van der Waals surface area contributed by atoms with Crippen LogP contribution in [0.5, 0.6) is 5.75 Å². The lowest BCUT2D eigenvalue weighted by Crippen LogP contribution is -2.31. The summed E-state index contributed by atoms with van der Waals surface area (Å²) in [6.07, 6.45) is 3.15. The smallest absolute Gasteiger partial charge is 0.309 e. The van der Waals surface area contributed by atoms with Crippen molar-refractivity contribution in [1.29, 1.82) is 0 Å². The number of carbonyl (C=O) groups is 1. The molecule has 1 aliphatic carbocycles. The molecule has 5 rings (SSSR count). The predicted molar refractivity (Wildman–Crippen MR) is 135 cm³/mol. The molecule has 2 heterocycles. The molecule has 0 radical (unpaired) electrons. The van der Waals surface area contributed by atoms with Crippen LogP contribution in [0.25, 0.3) is 10.9 Å². The Morgan fingerprint density at radius 3 is 2.54 bits per heavy atom. The second-order valence-corrected chi connectivity index (χ2v) is 11.6. The first-order chi connectivity index (χ1) is 16.8. The maximum Gasteiger partial charge on any atom is 0.309 e. The molecule has 1 aromatic heterocycles. The molecule has 184 valence electrons. The summed E-state index contributed by atoms with van der Waals surface area (Å²) in [4.78, 5) is 11.8. The van der Waals surface area contributed by atoms with Gasteiger partial charge in [0.05, 0.1) is 35.2 Å². The molecule has 0 amide bonds. The predicted octanol–water partition coefficient (Wildman–Crippen LogP) is 1.98. The minimum Gasteiger partial charge on any atom is -0.494 e. The Morgan fingerprint density at radius 2 is 1.91 bits per heavy atom.